The smallest absolute Gasteiger partial charge is 0.153 e. The molecule has 1 atom stereocenters. The number of aliphatic hydroxyl groups is 1. The van der Waals surface area contributed by atoms with E-state index in [1.165, 1.54) is 18.8 Å². The molecule has 0 spiro atoms. The molecule has 1 N–H and O–H groups in total. The van der Waals surface area contributed by atoms with Crippen LogP contribution in [0.3, 0.4) is 0 Å². The molecule has 4 heteroatoms. The average molecular weight is 257 g/mol. The van der Waals surface area contributed by atoms with E-state index in [0.29, 0.717) is 11.3 Å². The molecular formula is C10H9BrO3. The van der Waals surface area contributed by atoms with Crippen LogP contribution in [0.1, 0.15) is 18.2 Å². The van der Waals surface area contributed by atoms with Crippen molar-refractivity contribution in [2.24, 2.45) is 0 Å². The SMILES string of the molecule is CC(O)(c1ccoc1)c1occc1Br. The summed E-state index contributed by atoms with van der Waals surface area (Å²) in [4.78, 5) is 0. The van der Waals surface area contributed by atoms with Crippen molar-refractivity contribution in [3.05, 3.63) is 46.7 Å². The van der Waals surface area contributed by atoms with Crippen LogP contribution in [0.15, 0.2) is 44.2 Å². The number of rotatable bonds is 2. The monoisotopic (exact) mass is 256 g/mol. The Balaban J connectivity index is 2.48. The molecule has 0 fully saturated rings. The molecule has 0 aromatic carbocycles. The summed E-state index contributed by atoms with van der Waals surface area (Å²) in [5.41, 5.74) is -0.511. The van der Waals surface area contributed by atoms with Crippen molar-refractivity contribution in [2.75, 3.05) is 0 Å². The molecule has 0 radical (unpaired) electrons. The molecule has 0 aliphatic heterocycles. The van der Waals surface area contributed by atoms with E-state index in [9.17, 15) is 5.11 Å². The van der Waals surface area contributed by atoms with Gasteiger partial charge in [-0.25, -0.2) is 0 Å². The summed E-state index contributed by atoms with van der Waals surface area (Å²) in [7, 11) is 0. The fourth-order valence-corrected chi connectivity index (χ4v) is 1.90. The lowest BCUT2D eigenvalue weighted by Gasteiger charge is -2.19. The van der Waals surface area contributed by atoms with Crippen LogP contribution in [0.5, 0.6) is 0 Å². The third-order valence-corrected chi connectivity index (χ3v) is 2.77. The molecule has 2 aromatic rings. The normalized spacial score (nSPS) is 15.4. The van der Waals surface area contributed by atoms with E-state index in [1.807, 2.05) is 0 Å². The van der Waals surface area contributed by atoms with E-state index in [1.54, 1.807) is 19.1 Å². The maximum atomic E-state index is 10.2. The van der Waals surface area contributed by atoms with E-state index in [2.05, 4.69) is 15.9 Å². The minimum atomic E-state index is -1.17. The average Bonchev–Trinajstić information content (AvgIpc) is 2.72. The molecule has 0 amide bonds. The molecule has 0 saturated heterocycles. The largest absolute Gasteiger partial charge is 0.472 e. The van der Waals surface area contributed by atoms with Crippen LogP contribution in [-0.4, -0.2) is 5.11 Å². The Morgan fingerprint density at radius 3 is 2.64 bits per heavy atom. The summed E-state index contributed by atoms with van der Waals surface area (Å²) < 4.78 is 10.9. The lowest BCUT2D eigenvalue weighted by Crippen LogP contribution is -2.21. The minimum Gasteiger partial charge on any atom is -0.472 e. The Bertz CT molecular complexity index is 414. The number of hydrogen-bond acceptors (Lipinski definition) is 3. The lowest BCUT2D eigenvalue weighted by molar-refractivity contribution is 0.0751. The Morgan fingerprint density at radius 2 is 2.14 bits per heavy atom. The lowest BCUT2D eigenvalue weighted by atomic mass is 9.96. The topological polar surface area (TPSA) is 46.5 Å². The van der Waals surface area contributed by atoms with Gasteiger partial charge in [-0.05, 0) is 35.0 Å². The number of halogens is 1. The molecule has 0 bridgehead atoms. The molecule has 2 aromatic heterocycles. The molecule has 0 aliphatic carbocycles. The molecule has 0 saturated carbocycles. The van der Waals surface area contributed by atoms with Crippen molar-refractivity contribution in [1.82, 2.24) is 0 Å². The predicted octanol–water partition coefficient (Wildman–Crippen LogP) is 2.89. The quantitative estimate of drug-likeness (QED) is 0.899. The van der Waals surface area contributed by atoms with E-state index < -0.39 is 5.60 Å². The predicted molar refractivity (Wildman–Crippen MR) is 53.8 cm³/mol. The maximum Gasteiger partial charge on any atom is 0.153 e. The molecule has 14 heavy (non-hydrogen) atoms. The van der Waals surface area contributed by atoms with Gasteiger partial charge in [0, 0.05) is 5.56 Å². The van der Waals surface area contributed by atoms with Gasteiger partial charge in [0.2, 0.25) is 0 Å². The van der Waals surface area contributed by atoms with Gasteiger partial charge in [-0.3, -0.25) is 0 Å². The van der Waals surface area contributed by atoms with Crippen LogP contribution in [-0.2, 0) is 5.60 Å². The summed E-state index contributed by atoms with van der Waals surface area (Å²) in [6.45, 7) is 1.65. The highest BCUT2D eigenvalue weighted by molar-refractivity contribution is 9.10. The molecule has 1 unspecified atom stereocenters. The summed E-state index contributed by atoms with van der Waals surface area (Å²) in [5.74, 6) is 0.471. The van der Waals surface area contributed by atoms with E-state index >= 15 is 0 Å². The van der Waals surface area contributed by atoms with E-state index in [-0.39, 0.29) is 0 Å². The Labute approximate surface area is 89.5 Å². The standard InChI is InChI=1S/C10H9BrO3/c1-10(12,7-2-4-13-6-7)9-8(11)3-5-14-9/h2-6,12H,1H3. The Kier molecular flexibility index (Phi) is 2.25. The zero-order valence-electron chi connectivity index (χ0n) is 7.53. The van der Waals surface area contributed by atoms with Gasteiger partial charge in [0.15, 0.2) is 5.76 Å². The highest BCUT2D eigenvalue weighted by atomic mass is 79.9. The van der Waals surface area contributed by atoms with Crippen molar-refractivity contribution in [3.63, 3.8) is 0 Å². The van der Waals surface area contributed by atoms with Gasteiger partial charge in [0.1, 0.15) is 5.60 Å². The zero-order chi connectivity index (χ0) is 10.2. The van der Waals surface area contributed by atoms with Crippen LogP contribution in [0.4, 0.5) is 0 Å². The van der Waals surface area contributed by atoms with E-state index in [4.69, 9.17) is 8.83 Å². The van der Waals surface area contributed by atoms with Gasteiger partial charge >= 0.3 is 0 Å². The zero-order valence-corrected chi connectivity index (χ0v) is 9.11. The molecule has 2 heterocycles. The first-order valence-electron chi connectivity index (χ1n) is 4.11. The first-order valence-corrected chi connectivity index (χ1v) is 4.90. The fourth-order valence-electron chi connectivity index (χ4n) is 1.31. The summed E-state index contributed by atoms with van der Waals surface area (Å²) >= 11 is 3.30. The highest BCUT2D eigenvalue weighted by Crippen LogP contribution is 2.34. The van der Waals surface area contributed by atoms with Crippen LogP contribution in [0.2, 0.25) is 0 Å². The van der Waals surface area contributed by atoms with Crippen molar-refractivity contribution in [2.45, 2.75) is 12.5 Å². The van der Waals surface area contributed by atoms with Crippen molar-refractivity contribution < 1.29 is 13.9 Å². The second-order valence-electron chi connectivity index (χ2n) is 3.18. The Morgan fingerprint density at radius 1 is 1.36 bits per heavy atom. The third-order valence-electron chi connectivity index (χ3n) is 2.14. The first-order chi connectivity index (χ1) is 6.62. The molecule has 2 rings (SSSR count). The fraction of sp³-hybridized carbons (Fsp3) is 0.200. The van der Waals surface area contributed by atoms with Gasteiger partial charge in [-0.2, -0.15) is 0 Å². The number of hydrogen-bond donors (Lipinski definition) is 1. The summed E-state index contributed by atoms with van der Waals surface area (Å²) in [6, 6.07) is 3.44. The van der Waals surface area contributed by atoms with Crippen molar-refractivity contribution >= 4 is 15.9 Å². The maximum absolute atomic E-state index is 10.2. The number of furan rings is 2. The molecule has 0 aliphatic rings. The Hall–Kier alpha value is -1.00. The van der Waals surface area contributed by atoms with Gasteiger partial charge < -0.3 is 13.9 Å². The van der Waals surface area contributed by atoms with Gasteiger partial charge in [0.05, 0.1) is 23.3 Å². The molecule has 3 nitrogen and oxygen atoms in total. The second kappa shape index (κ2) is 3.29. The molecular weight excluding hydrogens is 248 g/mol. The minimum absolute atomic E-state index is 0.471. The third kappa shape index (κ3) is 1.40. The van der Waals surface area contributed by atoms with Gasteiger partial charge in [0.25, 0.3) is 0 Å². The van der Waals surface area contributed by atoms with Crippen molar-refractivity contribution in [1.29, 1.82) is 0 Å². The van der Waals surface area contributed by atoms with Crippen LogP contribution >= 0.6 is 15.9 Å². The van der Waals surface area contributed by atoms with Crippen LogP contribution in [0, 0.1) is 0 Å². The summed E-state index contributed by atoms with van der Waals surface area (Å²) in [5, 5.41) is 10.2. The molecule has 74 valence electrons. The second-order valence-corrected chi connectivity index (χ2v) is 4.04. The van der Waals surface area contributed by atoms with Crippen LogP contribution < -0.4 is 0 Å². The van der Waals surface area contributed by atoms with Gasteiger partial charge in [-0.15, -0.1) is 0 Å². The van der Waals surface area contributed by atoms with Gasteiger partial charge in [-0.1, -0.05) is 0 Å². The summed E-state index contributed by atoms with van der Waals surface area (Å²) in [6.07, 6.45) is 4.53. The van der Waals surface area contributed by atoms with E-state index in [0.717, 1.165) is 4.47 Å². The highest BCUT2D eigenvalue weighted by Gasteiger charge is 2.32. The first kappa shape index (κ1) is 9.55. The van der Waals surface area contributed by atoms with Crippen LogP contribution in [0.25, 0.3) is 0 Å². The van der Waals surface area contributed by atoms with Crippen molar-refractivity contribution in [3.8, 4) is 0 Å².